The molecule has 0 atom stereocenters. The monoisotopic (exact) mass is 494 g/mol. The number of carbonyl (C=O) groups excluding carboxylic acids is 3. The van der Waals surface area contributed by atoms with Crippen LogP contribution >= 0.6 is 15.9 Å². The Morgan fingerprint density at radius 1 is 0.906 bits per heavy atom. The number of anilines is 1. The summed E-state index contributed by atoms with van der Waals surface area (Å²) < 4.78 is 19.4. The Hall–Kier alpha value is -3.78. The molecule has 0 spiro atoms. The molecule has 160 valence electrons. The van der Waals surface area contributed by atoms with Crippen molar-refractivity contribution in [1.29, 1.82) is 0 Å². The third-order valence-corrected chi connectivity index (χ3v) is 5.23. The molecule has 4 rings (SSSR count). The summed E-state index contributed by atoms with van der Waals surface area (Å²) in [6, 6.07) is 18.6. The van der Waals surface area contributed by atoms with Gasteiger partial charge in [0.2, 0.25) is 0 Å². The van der Waals surface area contributed by atoms with E-state index in [2.05, 4.69) is 21.2 Å². The molecule has 4 amide bonds. The van der Waals surface area contributed by atoms with Crippen LogP contribution in [0.2, 0.25) is 0 Å². The summed E-state index contributed by atoms with van der Waals surface area (Å²) in [5, 5.41) is 2.19. The molecule has 6 nitrogen and oxygen atoms in total. The molecule has 0 aromatic heterocycles. The minimum Gasteiger partial charge on any atom is -0.489 e. The standard InChI is InChI=1S/C24H16BrFN2O4/c25-17-5-9-19(10-6-17)28-23(30)21(22(29)27-24(28)31)13-15-3-11-20(12-4-15)32-14-16-1-7-18(26)8-2-16/h1-13H,14H2,(H,27,29,31). The van der Waals surface area contributed by atoms with Gasteiger partial charge in [-0.15, -0.1) is 0 Å². The number of amides is 4. The zero-order valence-electron chi connectivity index (χ0n) is 16.5. The van der Waals surface area contributed by atoms with Crippen LogP contribution in [0.25, 0.3) is 6.08 Å². The van der Waals surface area contributed by atoms with E-state index in [1.807, 2.05) is 0 Å². The lowest BCUT2D eigenvalue weighted by Gasteiger charge is -2.26. The summed E-state index contributed by atoms with van der Waals surface area (Å²) in [4.78, 5) is 38.4. The van der Waals surface area contributed by atoms with Gasteiger partial charge in [-0.25, -0.2) is 14.1 Å². The third kappa shape index (κ3) is 4.76. The van der Waals surface area contributed by atoms with Gasteiger partial charge in [0, 0.05) is 4.47 Å². The van der Waals surface area contributed by atoms with Crippen molar-refractivity contribution in [2.75, 3.05) is 4.90 Å². The van der Waals surface area contributed by atoms with Crippen LogP contribution in [-0.4, -0.2) is 17.8 Å². The molecule has 1 aliphatic rings. The van der Waals surface area contributed by atoms with Gasteiger partial charge in [-0.2, -0.15) is 0 Å². The van der Waals surface area contributed by atoms with Crippen LogP contribution in [0.5, 0.6) is 5.75 Å². The molecule has 0 radical (unpaired) electrons. The van der Waals surface area contributed by atoms with Crippen molar-refractivity contribution < 1.29 is 23.5 Å². The number of nitrogens with one attached hydrogen (secondary N) is 1. The van der Waals surface area contributed by atoms with Gasteiger partial charge < -0.3 is 4.74 Å². The van der Waals surface area contributed by atoms with Crippen molar-refractivity contribution in [1.82, 2.24) is 5.32 Å². The molecular formula is C24H16BrFN2O4. The van der Waals surface area contributed by atoms with E-state index in [4.69, 9.17) is 4.74 Å². The van der Waals surface area contributed by atoms with Gasteiger partial charge in [0.05, 0.1) is 5.69 Å². The highest BCUT2D eigenvalue weighted by Gasteiger charge is 2.36. The van der Waals surface area contributed by atoms with E-state index in [0.717, 1.165) is 14.9 Å². The summed E-state index contributed by atoms with van der Waals surface area (Å²) in [7, 11) is 0. The second-order valence-corrected chi connectivity index (χ2v) is 7.83. The lowest BCUT2D eigenvalue weighted by molar-refractivity contribution is -0.122. The van der Waals surface area contributed by atoms with E-state index < -0.39 is 17.8 Å². The Kier molecular flexibility index (Phi) is 6.13. The molecule has 0 saturated carbocycles. The number of imide groups is 2. The van der Waals surface area contributed by atoms with Gasteiger partial charge in [-0.05, 0) is 65.7 Å². The molecular weight excluding hydrogens is 479 g/mol. The summed E-state index contributed by atoms with van der Waals surface area (Å²) in [5.41, 5.74) is 1.59. The van der Waals surface area contributed by atoms with Gasteiger partial charge in [0.25, 0.3) is 11.8 Å². The largest absolute Gasteiger partial charge is 0.489 e. The smallest absolute Gasteiger partial charge is 0.335 e. The van der Waals surface area contributed by atoms with Gasteiger partial charge >= 0.3 is 6.03 Å². The van der Waals surface area contributed by atoms with Gasteiger partial charge in [0.1, 0.15) is 23.7 Å². The molecule has 8 heteroatoms. The molecule has 0 bridgehead atoms. The van der Waals surface area contributed by atoms with Crippen molar-refractivity contribution in [3.05, 3.63) is 99.8 Å². The Morgan fingerprint density at radius 3 is 2.22 bits per heavy atom. The molecule has 3 aromatic carbocycles. The van der Waals surface area contributed by atoms with E-state index in [1.54, 1.807) is 60.7 Å². The highest BCUT2D eigenvalue weighted by atomic mass is 79.9. The first kappa shape index (κ1) is 21.5. The topological polar surface area (TPSA) is 75.7 Å². The zero-order valence-corrected chi connectivity index (χ0v) is 18.1. The predicted octanol–water partition coefficient (Wildman–Crippen LogP) is 4.83. The maximum atomic E-state index is 13.0. The summed E-state index contributed by atoms with van der Waals surface area (Å²) in [5.74, 6) is -1.21. The van der Waals surface area contributed by atoms with E-state index in [-0.39, 0.29) is 18.0 Å². The van der Waals surface area contributed by atoms with Crippen LogP contribution in [0.4, 0.5) is 14.9 Å². The fourth-order valence-corrected chi connectivity index (χ4v) is 3.32. The maximum Gasteiger partial charge on any atom is 0.335 e. The highest BCUT2D eigenvalue weighted by molar-refractivity contribution is 9.10. The molecule has 3 aromatic rings. The molecule has 1 saturated heterocycles. The fourth-order valence-electron chi connectivity index (χ4n) is 3.06. The molecule has 0 aliphatic carbocycles. The van der Waals surface area contributed by atoms with Crippen LogP contribution in [0.15, 0.2) is 82.8 Å². The van der Waals surface area contributed by atoms with Crippen LogP contribution in [0, 0.1) is 5.82 Å². The van der Waals surface area contributed by atoms with Crippen molar-refractivity contribution in [2.45, 2.75) is 6.61 Å². The van der Waals surface area contributed by atoms with Gasteiger partial charge in [0.15, 0.2) is 0 Å². The lowest BCUT2D eigenvalue weighted by Crippen LogP contribution is -2.54. The van der Waals surface area contributed by atoms with E-state index in [9.17, 15) is 18.8 Å². The molecule has 1 fully saturated rings. The van der Waals surface area contributed by atoms with Crippen molar-refractivity contribution >= 4 is 45.5 Å². The van der Waals surface area contributed by atoms with Crippen molar-refractivity contribution in [2.24, 2.45) is 0 Å². The number of hydrogen-bond acceptors (Lipinski definition) is 4. The maximum absolute atomic E-state index is 13.0. The number of benzene rings is 3. The minimum atomic E-state index is -0.802. The first-order valence-electron chi connectivity index (χ1n) is 9.55. The van der Waals surface area contributed by atoms with Crippen LogP contribution in [0.1, 0.15) is 11.1 Å². The first-order valence-corrected chi connectivity index (χ1v) is 10.3. The Labute approximate surface area is 191 Å². The number of rotatable bonds is 5. The van der Waals surface area contributed by atoms with Crippen LogP contribution in [0.3, 0.4) is 0 Å². The first-order chi connectivity index (χ1) is 15.4. The number of urea groups is 1. The predicted molar refractivity (Wildman–Crippen MR) is 120 cm³/mol. The van der Waals surface area contributed by atoms with Gasteiger partial charge in [-0.1, -0.05) is 40.2 Å². The molecule has 1 heterocycles. The number of hydrogen-bond donors (Lipinski definition) is 1. The Morgan fingerprint density at radius 2 is 1.56 bits per heavy atom. The average molecular weight is 495 g/mol. The second kappa shape index (κ2) is 9.15. The zero-order chi connectivity index (χ0) is 22.7. The highest BCUT2D eigenvalue weighted by Crippen LogP contribution is 2.24. The minimum absolute atomic E-state index is 0.160. The third-order valence-electron chi connectivity index (χ3n) is 4.70. The molecule has 0 unspecified atom stereocenters. The summed E-state index contributed by atoms with van der Waals surface area (Å²) in [6.45, 7) is 0.270. The summed E-state index contributed by atoms with van der Waals surface area (Å²) in [6.07, 6.45) is 1.42. The molecule has 1 N–H and O–H groups in total. The van der Waals surface area contributed by atoms with Crippen LogP contribution in [-0.2, 0) is 16.2 Å². The van der Waals surface area contributed by atoms with E-state index in [1.165, 1.54) is 18.2 Å². The Bertz CT molecular complexity index is 1210. The SMILES string of the molecule is O=C1NC(=O)N(c2ccc(Br)cc2)C(=O)C1=Cc1ccc(OCc2ccc(F)cc2)cc1. The quantitative estimate of drug-likeness (QED) is 0.407. The number of halogens is 2. The van der Waals surface area contributed by atoms with E-state index in [0.29, 0.717) is 17.0 Å². The molecule has 1 aliphatic heterocycles. The van der Waals surface area contributed by atoms with Crippen molar-refractivity contribution in [3.63, 3.8) is 0 Å². The fraction of sp³-hybridized carbons (Fsp3) is 0.0417. The second-order valence-electron chi connectivity index (χ2n) is 6.92. The van der Waals surface area contributed by atoms with Crippen molar-refractivity contribution in [3.8, 4) is 5.75 Å². The lowest BCUT2D eigenvalue weighted by atomic mass is 10.1. The van der Waals surface area contributed by atoms with Gasteiger partial charge in [-0.3, -0.25) is 14.9 Å². The normalized spacial score (nSPS) is 15.1. The number of carbonyl (C=O) groups is 3. The average Bonchev–Trinajstić information content (AvgIpc) is 2.78. The number of ether oxygens (including phenoxy) is 1. The molecule has 32 heavy (non-hydrogen) atoms. The number of nitrogens with zero attached hydrogens (tertiary/aromatic N) is 1. The van der Waals surface area contributed by atoms with Crippen LogP contribution < -0.4 is 15.0 Å². The van der Waals surface area contributed by atoms with E-state index >= 15 is 0 Å². The summed E-state index contributed by atoms with van der Waals surface area (Å²) >= 11 is 3.30. The Balaban J connectivity index is 1.50. The number of barbiturate groups is 1.